The molecule has 0 aliphatic carbocycles. The molecule has 1 rings (SSSR count). The molecular weight excluding hydrogens is 266 g/mol. The van der Waals surface area contributed by atoms with E-state index in [0.29, 0.717) is 32.1 Å². The summed E-state index contributed by atoms with van der Waals surface area (Å²) < 4.78 is 31.9. The van der Waals surface area contributed by atoms with Gasteiger partial charge < -0.3 is 15.4 Å². The van der Waals surface area contributed by atoms with Crippen LogP contribution < -0.4 is 10.6 Å². The van der Waals surface area contributed by atoms with Gasteiger partial charge in [0.15, 0.2) is 0 Å². The van der Waals surface area contributed by atoms with Gasteiger partial charge in [-0.1, -0.05) is 19.9 Å². The van der Waals surface area contributed by atoms with Crippen molar-refractivity contribution in [2.75, 3.05) is 25.1 Å². The van der Waals surface area contributed by atoms with Crippen molar-refractivity contribution < 1.29 is 18.3 Å². The van der Waals surface area contributed by atoms with Crippen molar-refractivity contribution in [1.82, 2.24) is 5.32 Å². The number of rotatable bonds is 7. The Bertz CT molecular complexity index is 419. The molecule has 2 amide bonds. The maximum atomic E-state index is 13.3. The first-order chi connectivity index (χ1) is 9.50. The van der Waals surface area contributed by atoms with E-state index in [1.165, 1.54) is 6.07 Å². The minimum absolute atomic E-state index is 0.375. The van der Waals surface area contributed by atoms with Crippen LogP contribution in [0.1, 0.15) is 20.3 Å². The summed E-state index contributed by atoms with van der Waals surface area (Å²) in [6.45, 7) is 5.68. The van der Waals surface area contributed by atoms with Crippen LogP contribution in [-0.4, -0.2) is 25.8 Å². The molecule has 0 bridgehead atoms. The van der Waals surface area contributed by atoms with Crippen LogP contribution in [0.3, 0.4) is 0 Å². The average Bonchev–Trinajstić information content (AvgIpc) is 2.38. The predicted octanol–water partition coefficient (Wildman–Crippen LogP) is 3.15. The predicted molar refractivity (Wildman–Crippen MR) is 73.7 cm³/mol. The second-order valence-corrected chi connectivity index (χ2v) is 4.80. The van der Waals surface area contributed by atoms with Crippen molar-refractivity contribution in [1.29, 1.82) is 0 Å². The SMILES string of the molecule is CC(C)COCCCNC(=O)Nc1c(F)cccc1F. The number of halogens is 2. The zero-order valence-electron chi connectivity index (χ0n) is 11.7. The maximum Gasteiger partial charge on any atom is 0.319 e. The van der Waals surface area contributed by atoms with Crippen molar-refractivity contribution in [2.45, 2.75) is 20.3 Å². The number of nitrogens with one attached hydrogen (secondary N) is 2. The number of ether oxygens (including phenoxy) is 1. The van der Waals surface area contributed by atoms with E-state index in [9.17, 15) is 13.6 Å². The number of amides is 2. The van der Waals surface area contributed by atoms with Crippen LogP contribution in [0, 0.1) is 17.6 Å². The Balaban J connectivity index is 2.24. The Kier molecular flexibility index (Phi) is 6.93. The molecule has 4 nitrogen and oxygen atoms in total. The summed E-state index contributed by atoms with van der Waals surface area (Å²) in [6, 6.07) is 2.76. The summed E-state index contributed by atoms with van der Waals surface area (Å²) in [6.07, 6.45) is 0.639. The van der Waals surface area contributed by atoms with Gasteiger partial charge in [-0.25, -0.2) is 13.6 Å². The molecule has 0 aliphatic rings. The number of carbonyl (C=O) groups excluding carboxylic acids is 1. The van der Waals surface area contributed by atoms with E-state index in [4.69, 9.17) is 4.74 Å². The minimum atomic E-state index is -0.805. The first-order valence-electron chi connectivity index (χ1n) is 6.57. The van der Waals surface area contributed by atoms with E-state index in [1.807, 2.05) is 0 Å². The van der Waals surface area contributed by atoms with Crippen LogP contribution in [-0.2, 0) is 4.74 Å². The zero-order chi connectivity index (χ0) is 15.0. The summed E-state index contributed by atoms with van der Waals surface area (Å²) >= 11 is 0. The molecule has 112 valence electrons. The quantitative estimate of drug-likeness (QED) is 0.756. The molecule has 20 heavy (non-hydrogen) atoms. The van der Waals surface area contributed by atoms with Crippen LogP contribution in [0.5, 0.6) is 0 Å². The number of hydrogen-bond acceptors (Lipinski definition) is 2. The third-order valence-corrected chi connectivity index (χ3v) is 2.40. The number of carbonyl (C=O) groups is 1. The second-order valence-electron chi connectivity index (χ2n) is 4.80. The standard InChI is InChI=1S/C14H20F2N2O2/c1-10(2)9-20-8-4-7-17-14(19)18-13-11(15)5-3-6-12(13)16/h3,5-6,10H,4,7-9H2,1-2H3,(H2,17,18,19). The molecule has 2 N–H and O–H groups in total. The molecule has 6 heteroatoms. The fourth-order valence-corrected chi connectivity index (χ4v) is 1.47. The summed E-state index contributed by atoms with van der Waals surface area (Å²) in [7, 11) is 0. The zero-order valence-corrected chi connectivity index (χ0v) is 11.7. The van der Waals surface area contributed by atoms with Gasteiger partial charge in [0.2, 0.25) is 0 Å². The molecule has 0 atom stereocenters. The van der Waals surface area contributed by atoms with Gasteiger partial charge in [0, 0.05) is 19.8 Å². The summed E-state index contributed by atoms with van der Waals surface area (Å²) in [5.74, 6) is -1.14. The monoisotopic (exact) mass is 286 g/mol. The molecular formula is C14H20F2N2O2. The lowest BCUT2D eigenvalue weighted by atomic mass is 10.2. The largest absolute Gasteiger partial charge is 0.381 e. The highest BCUT2D eigenvalue weighted by atomic mass is 19.1. The second kappa shape index (κ2) is 8.47. The van der Waals surface area contributed by atoms with Crippen LogP contribution in [0.15, 0.2) is 18.2 Å². The normalized spacial score (nSPS) is 10.7. The van der Waals surface area contributed by atoms with Crippen LogP contribution in [0.4, 0.5) is 19.3 Å². The van der Waals surface area contributed by atoms with Gasteiger partial charge in [-0.3, -0.25) is 0 Å². The maximum absolute atomic E-state index is 13.3. The molecule has 0 saturated carbocycles. The highest BCUT2D eigenvalue weighted by molar-refractivity contribution is 5.89. The van der Waals surface area contributed by atoms with E-state index in [0.717, 1.165) is 12.1 Å². The molecule has 0 saturated heterocycles. The van der Waals surface area contributed by atoms with Crippen LogP contribution in [0.2, 0.25) is 0 Å². The van der Waals surface area contributed by atoms with Gasteiger partial charge in [0.1, 0.15) is 17.3 Å². The van der Waals surface area contributed by atoms with E-state index in [1.54, 1.807) is 0 Å². The number of benzene rings is 1. The Hall–Kier alpha value is -1.69. The topological polar surface area (TPSA) is 50.4 Å². The molecule has 1 aromatic carbocycles. The first kappa shape index (κ1) is 16.4. The van der Waals surface area contributed by atoms with E-state index in [2.05, 4.69) is 24.5 Å². The van der Waals surface area contributed by atoms with Gasteiger partial charge in [-0.05, 0) is 24.5 Å². The Morgan fingerprint density at radius 1 is 1.30 bits per heavy atom. The Morgan fingerprint density at radius 3 is 2.55 bits per heavy atom. The Labute approximate surface area is 117 Å². The van der Waals surface area contributed by atoms with Gasteiger partial charge >= 0.3 is 6.03 Å². The van der Waals surface area contributed by atoms with Gasteiger partial charge in [-0.2, -0.15) is 0 Å². The van der Waals surface area contributed by atoms with E-state index in [-0.39, 0.29) is 0 Å². The lowest BCUT2D eigenvalue weighted by Gasteiger charge is -2.10. The van der Waals surface area contributed by atoms with Crippen molar-refractivity contribution >= 4 is 11.7 Å². The highest BCUT2D eigenvalue weighted by Crippen LogP contribution is 2.17. The molecule has 0 fully saturated rings. The van der Waals surface area contributed by atoms with E-state index >= 15 is 0 Å². The van der Waals surface area contributed by atoms with Crippen molar-refractivity contribution in [3.05, 3.63) is 29.8 Å². The fraction of sp³-hybridized carbons (Fsp3) is 0.500. The minimum Gasteiger partial charge on any atom is -0.381 e. The van der Waals surface area contributed by atoms with Crippen molar-refractivity contribution in [3.63, 3.8) is 0 Å². The van der Waals surface area contributed by atoms with Gasteiger partial charge in [-0.15, -0.1) is 0 Å². The number of anilines is 1. The van der Waals surface area contributed by atoms with Crippen LogP contribution >= 0.6 is 0 Å². The number of para-hydroxylation sites is 1. The summed E-state index contributed by atoms with van der Waals surface area (Å²) in [4.78, 5) is 11.5. The lowest BCUT2D eigenvalue weighted by Crippen LogP contribution is -2.30. The summed E-state index contributed by atoms with van der Waals surface area (Å²) in [5.41, 5.74) is -0.443. The third kappa shape index (κ3) is 5.97. The first-order valence-corrected chi connectivity index (χ1v) is 6.57. The smallest absolute Gasteiger partial charge is 0.319 e. The molecule has 0 heterocycles. The van der Waals surface area contributed by atoms with Crippen molar-refractivity contribution in [2.24, 2.45) is 5.92 Å². The third-order valence-electron chi connectivity index (χ3n) is 2.40. The van der Waals surface area contributed by atoms with E-state index < -0.39 is 23.4 Å². The highest BCUT2D eigenvalue weighted by Gasteiger charge is 2.10. The summed E-state index contributed by atoms with van der Waals surface area (Å²) in [5, 5.41) is 4.66. The van der Waals surface area contributed by atoms with Crippen LogP contribution in [0.25, 0.3) is 0 Å². The van der Waals surface area contributed by atoms with Crippen molar-refractivity contribution in [3.8, 4) is 0 Å². The molecule has 0 aromatic heterocycles. The molecule has 0 spiro atoms. The molecule has 0 radical (unpaired) electrons. The number of hydrogen-bond donors (Lipinski definition) is 2. The van der Waals surface area contributed by atoms with Gasteiger partial charge in [0.25, 0.3) is 0 Å². The average molecular weight is 286 g/mol. The molecule has 0 aliphatic heterocycles. The molecule has 0 unspecified atom stereocenters. The number of urea groups is 1. The fourth-order valence-electron chi connectivity index (χ4n) is 1.47. The molecule has 1 aromatic rings. The lowest BCUT2D eigenvalue weighted by molar-refractivity contribution is 0.108. The van der Waals surface area contributed by atoms with Gasteiger partial charge in [0.05, 0.1) is 0 Å². The Morgan fingerprint density at radius 2 is 1.95 bits per heavy atom.